The number of phosphoric acid groups is 1. The van der Waals surface area contributed by atoms with Crippen LogP contribution in [-0.4, -0.2) is 53.8 Å². The van der Waals surface area contributed by atoms with Crippen molar-refractivity contribution >= 4 is 37.2 Å². The minimum atomic E-state index is -3.91. The highest BCUT2D eigenvalue weighted by atomic mass is 33.1. The summed E-state index contributed by atoms with van der Waals surface area (Å²) in [7, 11) is -2.35. The van der Waals surface area contributed by atoms with Crippen molar-refractivity contribution in [2.75, 3.05) is 20.8 Å². The average molecular weight is 724 g/mol. The van der Waals surface area contributed by atoms with Crippen molar-refractivity contribution in [3.8, 4) is 0 Å². The van der Waals surface area contributed by atoms with Gasteiger partial charge in [-0.3, -0.25) is 18.1 Å². The zero-order valence-electron chi connectivity index (χ0n) is 30.2. The van der Waals surface area contributed by atoms with Crippen LogP contribution in [0.2, 0.25) is 0 Å². The second-order valence-electron chi connectivity index (χ2n) is 13.2. The number of phosphoric ester groups is 1. The molecule has 0 saturated heterocycles. The summed E-state index contributed by atoms with van der Waals surface area (Å²) in [5.41, 5.74) is -1.56. The van der Waals surface area contributed by atoms with Gasteiger partial charge in [0.05, 0.1) is 23.9 Å². The molecule has 0 rings (SSSR count). The number of ether oxygens (including phenoxy) is 1. The van der Waals surface area contributed by atoms with E-state index in [0.717, 1.165) is 51.4 Å². The maximum Gasteiger partial charge on any atom is 0.475 e. The van der Waals surface area contributed by atoms with Gasteiger partial charge in [-0.1, -0.05) is 96.3 Å². The highest BCUT2D eigenvalue weighted by Gasteiger charge is 2.46. The third kappa shape index (κ3) is 19.6. The Morgan fingerprint density at radius 2 is 1.36 bits per heavy atom. The van der Waals surface area contributed by atoms with E-state index < -0.39 is 32.0 Å². The summed E-state index contributed by atoms with van der Waals surface area (Å²) < 4.78 is 61.9. The first-order chi connectivity index (χ1) is 21.0. The van der Waals surface area contributed by atoms with Crippen LogP contribution in [0.15, 0.2) is 0 Å². The van der Waals surface area contributed by atoms with E-state index in [4.69, 9.17) is 27.5 Å². The number of aliphatic hydroxyl groups excluding tert-OH is 1. The third-order valence-corrected chi connectivity index (χ3v) is 14.3. The molecule has 2 N–H and O–H groups in total. The second kappa shape index (κ2) is 23.3. The predicted molar refractivity (Wildman–Crippen MR) is 190 cm³/mol. The van der Waals surface area contributed by atoms with Crippen molar-refractivity contribution in [3.63, 3.8) is 0 Å². The van der Waals surface area contributed by atoms with Gasteiger partial charge in [0.25, 0.3) is 0 Å². The molecule has 0 spiro atoms. The lowest BCUT2D eigenvalue weighted by atomic mass is 9.92. The van der Waals surface area contributed by atoms with Gasteiger partial charge in [-0.2, -0.15) is 0 Å². The Bertz CT molecular complexity index is 869. The lowest BCUT2D eigenvalue weighted by Crippen LogP contribution is -2.34. The van der Waals surface area contributed by atoms with Crippen molar-refractivity contribution in [3.05, 3.63) is 0 Å². The molecule has 0 bridgehead atoms. The van der Waals surface area contributed by atoms with Crippen molar-refractivity contribution < 1.29 is 41.7 Å². The van der Waals surface area contributed by atoms with Crippen LogP contribution in [0, 0.1) is 0 Å². The van der Waals surface area contributed by atoms with Gasteiger partial charge >= 0.3 is 15.4 Å². The molecular formula is C31H67NO9P2S2. The first kappa shape index (κ1) is 45.8. The maximum atomic E-state index is 13.9. The summed E-state index contributed by atoms with van der Waals surface area (Å²) in [4.78, 5) is 2.65. The fourth-order valence-corrected chi connectivity index (χ4v) is 9.43. The van der Waals surface area contributed by atoms with Gasteiger partial charge in [-0.15, -0.1) is 4.89 Å². The van der Waals surface area contributed by atoms with Gasteiger partial charge < -0.3 is 14.4 Å². The molecule has 0 aliphatic rings. The number of rotatable bonds is 30. The van der Waals surface area contributed by atoms with Crippen LogP contribution in [0.25, 0.3) is 0 Å². The van der Waals surface area contributed by atoms with Crippen LogP contribution in [0.4, 0.5) is 0 Å². The van der Waals surface area contributed by atoms with E-state index in [1.54, 1.807) is 27.7 Å². The molecule has 0 saturated carbocycles. The molecule has 272 valence electrons. The van der Waals surface area contributed by atoms with Gasteiger partial charge in [0.15, 0.2) is 5.34 Å². The molecule has 14 heteroatoms. The molecule has 0 aromatic heterocycles. The van der Waals surface area contributed by atoms with Gasteiger partial charge in [0.2, 0.25) is 0 Å². The lowest BCUT2D eigenvalue weighted by Gasteiger charge is -2.37. The zero-order valence-corrected chi connectivity index (χ0v) is 33.6. The summed E-state index contributed by atoms with van der Waals surface area (Å²) >= 11 is 0. The van der Waals surface area contributed by atoms with E-state index >= 15 is 0 Å². The highest BCUT2D eigenvalue weighted by molar-refractivity contribution is 8.76. The fraction of sp³-hybridized carbons (Fsp3) is 1.00. The lowest BCUT2D eigenvalue weighted by molar-refractivity contribution is -0.0440. The molecule has 10 nitrogen and oxygen atoms in total. The minimum absolute atomic E-state index is 0.125. The SMILES string of the molecule is CCCCCCCC(C)(CCCCCC)OP(=O)(OC)OC(C)(C)CCOC(C)(C)P(=O)(OC)ONSSC(C)CC(O)CC. The quantitative estimate of drug-likeness (QED) is 0.0241. The van der Waals surface area contributed by atoms with E-state index in [1.807, 2.05) is 20.8 Å². The summed E-state index contributed by atoms with van der Waals surface area (Å²) in [5.74, 6) is 0. The Morgan fingerprint density at radius 1 is 0.800 bits per heavy atom. The van der Waals surface area contributed by atoms with Crippen molar-refractivity contribution in [2.45, 2.75) is 180 Å². The molecule has 0 heterocycles. The number of hydrogen-bond donors (Lipinski definition) is 2. The Labute approximate surface area is 283 Å². The van der Waals surface area contributed by atoms with Crippen LogP contribution >= 0.6 is 37.2 Å². The first-order valence-corrected chi connectivity index (χ1v) is 22.0. The summed E-state index contributed by atoms with van der Waals surface area (Å²) in [6.45, 7) is 17.4. The normalized spacial score (nSPS) is 18.2. The Kier molecular flexibility index (Phi) is 23.7. The largest absolute Gasteiger partial charge is 0.475 e. The standard InChI is InChI=1S/C31H67NO9P2S2/c1-12-15-17-19-21-23-31(9,22-20-18-16-13-2)40-43(35,37-11)39-29(5,6)24-25-38-30(7,8)42(34,36-10)41-32-45-44-27(4)26-28(33)14-3/h27-28,32-33H,12-26H2,1-11H3. The predicted octanol–water partition coefficient (Wildman–Crippen LogP) is 11.0. The average Bonchev–Trinajstić information content (AvgIpc) is 2.96. The van der Waals surface area contributed by atoms with E-state index in [9.17, 15) is 14.2 Å². The highest BCUT2D eigenvalue weighted by Crippen LogP contribution is 2.60. The van der Waals surface area contributed by atoms with Crippen molar-refractivity contribution in [1.82, 2.24) is 4.89 Å². The first-order valence-electron chi connectivity index (χ1n) is 16.8. The number of nitrogens with one attached hydrogen (secondary N) is 1. The number of aliphatic hydroxyl groups is 1. The molecule has 0 amide bonds. The van der Waals surface area contributed by atoms with Gasteiger partial charge in [-0.25, -0.2) is 9.19 Å². The molecule has 0 aromatic carbocycles. The minimum Gasteiger partial charge on any atom is -0.393 e. The van der Waals surface area contributed by atoms with Gasteiger partial charge in [0, 0.05) is 30.4 Å². The Balaban J connectivity index is 5.22. The molecule has 45 heavy (non-hydrogen) atoms. The Morgan fingerprint density at radius 3 is 1.87 bits per heavy atom. The molecule has 5 unspecified atom stereocenters. The zero-order chi connectivity index (χ0) is 34.6. The molecule has 0 aromatic rings. The van der Waals surface area contributed by atoms with Gasteiger partial charge in [-0.05, 0) is 66.7 Å². The summed E-state index contributed by atoms with van der Waals surface area (Å²) in [6.07, 6.45) is 13.0. The number of unbranched alkanes of at least 4 members (excludes halogenated alkanes) is 7. The summed E-state index contributed by atoms with van der Waals surface area (Å²) in [6, 6.07) is 0. The maximum absolute atomic E-state index is 13.9. The van der Waals surface area contributed by atoms with Crippen LogP contribution in [0.5, 0.6) is 0 Å². The molecule has 5 atom stereocenters. The monoisotopic (exact) mass is 723 g/mol. The molecule has 0 radical (unpaired) electrons. The molecule has 0 aliphatic heterocycles. The van der Waals surface area contributed by atoms with Crippen molar-refractivity contribution in [1.29, 1.82) is 0 Å². The van der Waals surface area contributed by atoms with Crippen LogP contribution in [0.1, 0.15) is 152 Å². The third-order valence-electron chi connectivity index (χ3n) is 7.82. The molecule has 0 fully saturated rings. The Hall–Kier alpha value is 0.840. The van der Waals surface area contributed by atoms with Crippen LogP contribution < -0.4 is 4.89 Å². The van der Waals surface area contributed by atoms with E-state index in [0.29, 0.717) is 19.3 Å². The molecule has 0 aliphatic carbocycles. The number of hydrogen-bond acceptors (Lipinski definition) is 12. The fourth-order valence-electron chi connectivity index (χ4n) is 4.70. The van der Waals surface area contributed by atoms with E-state index in [-0.39, 0.29) is 18.0 Å². The van der Waals surface area contributed by atoms with Crippen molar-refractivity contribution in [2.24, 2.45) is 0 Å². The summed E-state index contributed by atoms with van der Waals surface area (Å²) in [5, 5.41) is 8.70. The van der Waals surface area contributed by atoms with E-state index in [1.165, 1.54) is 55.3 Å². The van der Waals surface area contributed by atoms with Crippen LogP contribution in [0.3, 0.4) is 0 Å². The van der Waals surface area contributed by atoms with Crippen LogP contribution in [-0.2, 0) is 36.6 Å². The smallest absolute Gasteiger partial charge is 0.393 e. The topological polar surface area (TPSA) is 122 Å². The molecular weight excluding hydrogens is 656 g/mol. The van der Waals surface area contributed by atoms with E-state index in [2.05, 4.69) is 18.7 Å². The second-order valence-corrected chi connectivity index (χ2v) is 19.8. The van der Waals surface area contributed by atoms with Gasteiger partial charge in [0.1, 0.15) is 0 Å².